The van der Waals surface area contributed by atoms with E-state index < -0.39 is 0 Å². The van der Waals surface area contributed by atoms with E-state index in [4.69, 9.17) is 14.4 Å². The second-order valence-electron chi connectivity index (χ2n) is 3.58. The van der Waals surface area contributed by atoms with Gasteiger partial charge in [-0.15, -0.1) is 0 Å². The lowest BCUT2D eigenvalue weighted by atomic mass is 10.1. The average Bonchev–Trinajstić information content (AvgIpc) is 2.80. The second-order valence-corrected chi connectivity index (χ2v) is 3.58. The first-order chi connectivity index (χ1) is 7.40. The minimum Gasteiger partial charge on any atom is -0.469 e. The van der Waals surface area contributed by atoms with Gasteiger partial charge >= 0.3 is 0 Å². The van der Waals surface area contributed by atoms with E-state index in [9.17, 15) is 0 Å². The summed E-state index contributed by atoms with van der Waals surface area (Å²) in [5.41, 5.74) is 0. The van der Waals surface area contributed by atoms with Crippen molar-refractivity contribution >= 4 is 0 Å². The molecule has 4 heteroatoms. The van der Waals surface area contributed by atoms with Gasteiger partial charge in [-0.2, -0.15) is 5.26 Å². The molecule has 0 N–H and O–H groups in total. The van der Waals surface area contributed by atoms with Crippen molar-refractivity contribution < 1.29 is 9.15 Å². The fourth-order valence-corrected chi connectivity index (χ4v) is 1.76. The van der Waals surface area contributed by atoms with Gasteiger partial charge in [0, 0.05) is 19.5 Å². The molecule has 4 nitrogen and oxygen atoms in total. The summed E-state index contributed by atoms with van der Waals surface area (Å²) in [6.07, 6.45) is 2.30. The van der Waals surface area contributed by atoms with Crippen molar-refractivity contribution in [1.29, 1.82) is 5.26 Å². The van der Waals surface area contributed by atoms with Crippen LogP contribution in [0.25, 0.3) is 0 Å². The van der Waals surface area contributed by atoms with Crippen molar-refractivity contribution in [2.24, 2.45) is 0 Å². The van der Waals surface area contributed by atoms with Crippen LogP contribution in [-0.2, 0) is 11.2 Å². The van der Waals surface area contributed by atoms with Crippen LogP contribution in [0.2, 0.25) is 0 Å². The fourth-order valence-electron chi connectivity index (χ4n) is 1.76. The summed E-state index contributed by atoms with van der Waals surface area (Å²) in [6, 6.07) is 5.98. The molecule has 1 aliphatic heterocycles. The van der Waals surface area contributed by atoms with Crippen molar-refractivity contribution in [3.8, 4) is 6.07 Å². The molecule has 2 heterocycles. The van der Waals surface area contributed by atoms with E-state index in [0.717, 1.165) is 32.1 Å². The standard InChI is InChI=1S/C11H14N2O2/c12-9-10(8-11-2-1-5-15-11)13-3-6-14-7-4-13/h1-2,5,10H,3-4,6-8H2. The van der Waals surface area contributed by atoms with Gasteiger partial charge < -0.3 is 9.15 Å². The van der Waals surface area contributed by atoms with Gasteiger partial charge in [0.05, 0.1) is 25.5 Å². The molecule has 1 aromatic rings. The second kappa shape index (κ2) is 4.96. The van der Waals surface area contributed by atoms with Crippen molar-refractivity contribution in [2.45, 2.75) is 12.5 Å². The molecule has 1 atom stereocenters. The molecule has 1 aromatic heterocycles. The van der Waals surface area contributed by atoms with Gasteiger partial charge in [0.25, 0.3) is 0 Å². The molecular weight excluding hydrogens is 192 g/mol. The van der Waals surface area contributed by atoms with Crippen LogP contribution >= 0.6 is 0 Å². The Balaban J connectivity index is 1.95. The molecule has 1 fully saturated rings. The predicted octanol–water partition coefficient (Wildman–Crippen LogP) is 1.05. The smallest absolute Gasteiger partial charge is 0.106 e. The van der Waals surface area contributed by atoms with Crippen LogP contribution in [0.1, 0.15) is 5.76 Å². The molecule has 0 aliphatic carbocycles. The molecule has 1 aliphatic rings. The van der Waals surface area contributed by atoms with E-state index in [1.807, 2.05) is 12.1 Å². The highest BCUT2D eigenvalue weighted by Crippen LogP contribution is 2.10. The largest absolute Gasteiger partial charge is 0.469 e. The normalized spacial score (nSPS) is 19.7. The molecule has 1 saturated heterocycles. The van der Waals surface area contributed by atoms with Crippen LogP contribution in [0.5, 0.6) is 0 Å². The van der Waals surface area contributed by atoms with E-state index in [-0.39, 0.29) is 6.04 Å². The number of hydrogen-bond acceptors (Lipinski definition) is 4. The molecule has 0 bridgehead atoms. The maximum Gasteiger partial charge on any atom is 0.106 e. The van der Waals surface area contributed by atoms with Crippen LogP contribution in [0, 0.1) is 11.3 Å². The van der Waals surface area contributed by atoms with Gasteiger partial charge in [-0.25, -0.2) is 0 Å². The summed E-state index contributed by atoms with van der Waals surface area (Å²) in [4.78, 5) is 2.14. The number of rotatable bonds is 3. The lowest BCUT2D eigenvalue weighted by Crippen LogP contribution is -2.43. The number of nitrogens with zero attached hydrogens (tertiary/aromatic N) is 2. The predicted molar refractivity (Wildman–Crippen MR) is 54.2 cm³/mol. The highest BCUT2D eigenvalue weighted by molar-refractivity contribution is 5.06. The molecular formula is C11H14N2O2. The Bertz CT molecular complexity index is 323. The lowest BCUT2D eigenvalue weighted by Gasteiger charge is -2.29. The zero-order valence-electron chi connectivity index (χ0n) is 8.56. The minimum absolute atomic E-state index is 0.0972. The van der Waals surface area contributed by atoms with Crippen LogP contribution in [-0.4, -0.2) is 37.2 Å². The van der Waals surface area contributed by atoms with Crippen molar-refractivity contribution in [1.82, 2.24) is 4.90 Å². The van der Waals surface area contributed by atoms with Crippen molar-refractivity contribution in [3.63, 3.8) is 0 Å². The maximum atomic E-state index is 9.10. The van der Waals surface area contributed by atoms with Gasteiger partial charge in [0.2, 0.25) is 0 Å². The van der Waals surface area contributed by atoms with Crippen LogP contribution in [0.15, 0.2) is 22.8 Å². The number of nitriles is 1. The van der Waals surface area contributed by atoms with Crippen molar-refractivity contribution in [2.75, 3.05) is 26.3 Å². The topological polar surface area (TPSA) is 49.4 Å². The molecule has 0 aromatic carbocycles. The first-order valence-electron chi connectivity index (χ1n) is 5.14. The molecule has 15 heavy (non-hydrogen) atoms. The Morgan fingerprint density at radius 2 is 2.27 bits per heavy atom. The Morgan fingerprint density at radius 3 is 2.87 bits per heavy atom. The third-order valence-corrected chi connectivity index (χ3v) is 2.61. The number of furan rings is 1. The fraction of sp³-hybridized carbons (Fsp3) is 0.545. The number of morpholine rings is 1. The van der Waals surface area contributed by atoms with Crippen LogP contribution in [0.3, 0.4) is 0 Å². The number of hydrogen-bond donors (Lipinski definition) is 0. The Labute approximate surface area is 89.0 Å². The van der Waals surface area contributed by atoms with E-state index in [2.05, 4.69) is 11.0 Å². The summed E-state index contributed by atoms with van der Waals surface area (Å²) in [5, 5.41) is 9.10. The summed E-state index contributed by atoms with van der Waals surface area (Å²) in [5.74, 6) is 0.869. The molecule has 0 amide bonds. The Kier molecular flexibility index (Phi) is 3.38. The van der Waals surface area contributed by atoms with Gasteiger partial charge in [-0.05, 0) is 12.1 Å². The first kappa shape index (κ1) is 10.2. The van der Waals surface area contributed by atoms with Gasteiger partial charge in [0.15, 0.2) is 0 Å². The van der Waals surface area contributed by atoms with Crippen molar-refractivity contribution in [3.05, 3.63) is 24.2 Å². The SMILES string of the molecule is N#CC(Cc1ccco1)N1CCOCC1. The third kappa shape index (κ3) is 2.58. The summed E-state index contributed by atoms with van der Waals surface area (Å²) in [7, 11) is 0. The zero-order chi connectivity index (χ0) is 10.5. The highest BCUT2D eigenvalue weighted by Gasteiger charge is 2.21. The molecule has 0 saturated carbocycles. The minimum atomic E-state index is -0.0972. The number of ether oxygens (including phenoxy) is 1. The average molecular weight is 206 g/mol. The lowest BCUT2D eigenvalue weighted by molar-refractivity contribution is 0.0262. The summed E-state index contributed by atoms with van der Waals surface area (Å²) in [6.45, 7) is 3.10. The van der Waals surface area contributed by atoms with Crippen LogP contribution < -0.4 is 0 Å². The van der Waals surface area contributed by atoms with E-state index in [0.29, 0.717) is 6.42 Å². The van der Waals surface area contributed by atoms with Gasteiger partial charge in [0.1, 0.15) is 11.8 Å². The quantitative estimate of drug-likeness (QED) is 0.741. The molecule has 80 valence electrons. The molecule has 2 rings (SSSR count). The highest BCUT2D eigenvalue weighted by atomic mass is 16.5. The maximum absolute atomic E-state index is 9.10. The summed E-state index contributed by atoms with van der Waals surface area (Å²) >= 11 is 0. The van der Waals surface area contributed by atoms with E-state index in [1.165, 1.54) is 0 Å². The Morgan fingerprint density at radius 1 is 1.47 bits per heavy atom. The Hall–Kier alpha value is -1.31. The monoisotopic (exact) mass is 206 g/mol. The first-order valence-corrected chi connectivity index (χ1v) is 5.14. The van der Waals surface area contributed by atoms with Gasteiger partial charge in [-0.3, -0.25) is 4.90 Å². The molecule has 0 spiro atoms. The van der Waals surface area contributed by atoms with Crippen LogP contribution in [0.4, 0.5) is 0 Å². The zero-order valence-corrected chi connectivity index (χ0v) is 8.56. The van der Waals surface area contributed by atoms with E-state index >= 15 is 0 Å². The summed E-state index contributed by atoms with van der Waals surface area (Å²) < 4.78 is 10.5. The molecule has 1 unspecified atom stereocenters. The van der Waals surface area contributed by atoms with E-state index in [1.54, 1.807) is 6.26 Å². The van der Waals surface area contributed by atoms with Gasteiger partial charge in [-0.1, -0.05) is 0 Å². The molecule has 0 radical (unpaired) electrons. The third-order valence-electron chi connectivity index (χ3n) is 2.61.